The molecule has 158 valence electrons. The van der Waals surface area contributed by atoms with Gasteiger partial charge in [0.25, 0.3) is 5.91 Å². The van der Waals surface area contributed by atoms with Crippen LogP contribution in [0.3, 0.4) is 0 Å². The Labute approximate surface area is 175 Å². The van der Waals surface area contributed by atoms with Gasteiger partial charge in [0.2, 0.25) is 5.75 Å². The summed E-state index contributed by atoms with van der Waals surface area (Å²) < 4.78 is 21.5. The molecule has 0 radical (unpaired) electrons. The molecule has 0 saturated carbocycles. The third-order valence-corrected chi connectivity index (χ3v) is 4.53. The first kappa shape index (κ1) is 21.0. The SMILES string of the molecule is CCOc1ccc(-c2cc(C(=O)Nc3cc(OC)c(OC)c(OC)c3)[nH]n2)c(C)c1. The molecule has 1 amide bonds. The van der Waals surface area contributed by atoms with E-state index >= 15 is 0 Å². The predicted molar refractivity (Wildman–Crippen MR) is 114 cm³/mol. The number of methoxy groups -OCH3 is 3. The van der Waals surface area contributed by atoms with Gasteiger partial charge in [-0.1, -0.05) is 0 Å². The Morgan fingerprint density at radius 3 is 2.30 bits per heavy atom. The molecule has 0 unspecified atom stereocenters. The van der Waals surface area contributed by atoms with Gasteiger partial charge < -0.3 is 24.3 Å². The van der Waals surface area contributed by atoms with E-state index in [-0.39, 0.29) is 5.91 Å². The van der Waals surface area contributed by atoms with E-state index in [0.29, 0.717) is 40.9 Å². The van der Waals surface area contributed by atoms with Gasteiger partial charge in [0, 0.05) is 23.4 Å². The topological polar surface area (TPSA) is 94.7 Å². The number of nitrogens with one attached hydrogen (secondary N) is 2. The van der Waals surface area contributed by atoms with Crippen LogP contribution in [-0.4, -0.2) is 44.0 Å². The van der Waals surface area contributed by atoms with Crippen LogP contribution in [0, 0.1) is 6.92 Å². The van der Waals surface area contributed by atoms with E-state index in [2.05, 4.69) is 15.5 Å². The number of anilines is 1. The number of ether oxygens (including phenoxy) is 4. The van der Waals surface area contributed by atoms with E-state index in [0.717, 1.165) is 16.9 Å². The van der Waals surface area contributed by atoms with Crippen molar-refractivity contribution < 1.29 is 23.7 Å². The van der Waals surface area contributed by atoms with Gasteiger partial charge in [0.1, 0.15) is 11.4 Å². The standard InChI is InChI=1S/C22H25N3O5/c1-6-30-15-7-8-16(13(2)9-15)17-12-18(25-24-17)22(26)23-14-10-19(27-3)21(29-5)20(11-14)28-4/h7-12H,6H2,1-5H3,(H,23,26)(H,24,25). The van der Waals surface area contributed by atoms with Gasteiger partial charge in [-0.3, -0.25) is 9.89 Å². The van der Waals surface area contributed by atoms with Crippen LogP contribution in [-0.2, 0) is 0 Å². The molecular formula is C22H25N3O5. The summed E-state index contributed by atoms with van der Waals surface area (Å²) in [7, 11) is 4.56. The number of hydrogen-bond donors (Lipinski definition) is 2. The zero-order valence-corrected chi connectivity index (χ0v) is 17.7. The fourth-order valence-electron chi connectivity index (χ4n) is 3.11. The van der Waals surface area contributed by atoms with E-state index in [4.69, 9.17) is 18.9 Å². The average molecular weight is 411 g/mol. The zero-order chi connectivity index (χ0) is 21.7. The molecule has 1 heterocycles. The van der Waals surface area contributed by atoms with Crippen molar-refractivity contribution in [1.29, 1.82) is 0 Å². The molecule has 0 spiro atoms. The molecule has 0 bridgehead atoms. The van der Waals surface area contributed by atoms with Crippen LogP contribution in [0.4, 0.5) is 5.69 Å². The number of amides is 1. The second kappa shape index (κ2) is 9.21. The van der Waals surface area contributed by atoms with Crippen molar-refractivity contribution in [2.24, 2.45) is 0 Å². The minimum Gasteiger partial charge on any atom is -0.494 e. The first-order valence-corrected chi connectivity index (χ1v) is 9.41. The van der Waals surface area contributed by atoms with Crippen molar-refractivity contribution in [1.82, 2.24) is 10.2 Å². The average Bonchev–Trinajstić information content (AvgIpc) is 3.23. The monoisotopic (exact) mass is 411 g/mol. The van der Waals surface area contributed by atoms with Gasteiger partial charge >= 0.3 is 0 Å². The number of H-pyrrole nitrogens is 1. The summed E-state index contributed by atoms with van der Waals surface area (Å²) in [5.41, 5.74) is 3.42. The summed E-state index contributed by atoms with van der Waals surface area (Å²) in [5, 5.41) is 9.89. The highest BCUT2D eigenvalue weighted by atomic mass is 16.5. The highest BCUT2D eigenvalue weighted by Gasteiger charge is 2.17. The van der Waals surface area contributed by atoms with E-state index < -0.39 is 0 Å². The minimum absolute atomic E-state index is 0.326. The molecule has 0 fully saturated rings. The predicted octanol–water partition coefficient (Wildman–Crippen LogP) is 4.06. The summed E-state index contributed by atoms with van der Waals surface area (Å²) >= 11 is 0. The van der Waals surface area contributed by atoms with Gasteiger partial charge in [0.15, 0.2) is 11.5 Å². The van der Waals surface area contributed by atoms with E-state index in [1.165, 1.54) is 21.3 Å². The molecule has 30 heavy (non-hydrogen) atoms. The number of benzene rings is 2. The van der Waals surface area contributed by atoms with Crippen LogP contribution in [0.25, 0.3) is 11.3 Å². The summed E-state index contributed by atoms with van der Waals surface area (Å²) in [5.74, 6) is 1.80. The van der Waals surface area contributed by atoms with Crippen molar-refractivity contribution in [2.45, 2.75) is 13.8 Å². The number of carbonyl (C=O) groups excluding carboxylic acids is 1. The van der Waals surface area contributed by atoms with Gasteiger partial charge in [-0.05, 0) is 43.7 Å². The van der Waals surface area contributed by atoms with Crippen molar-refractivity contribution in [3.05, 3.63) is 47.7 Å². The molecule has 3 aromatic rings. The van der Waals surface area contributed by atoms with Crippen molar-refractivity contribution in [2.75, 3.05) is 33.3 Å². The smallest absolute Gasteiger partial charge is 0.273 e. The fourth-order valence-corrected chi connectivity index (χ4v) is 3.11. The summed E-state index contributed by atoms with van der Waals surface area (Å²) in [6.07, 6.45) is 0. The number of aromatic amines is 1. The van der Waals surface area contributed by atoms with Gasteiger partial charge in [-0.25, -0.2) is 0 Å². The molecule has 8 nitrogen and oxygen atoms in total. The molecule has 0 aliphatic heterocycles. The zero-order valence-electron chi connectivity index (χ0n) is 17.7. The van der Waals surface area contributed by atoms with Gasteiger partial charge in [-0.15, -0.1) is 0 Å². The molecule has 0 atom stereocenters. The Morgan fingerprint density at radius 1 is 1.03 bits per heavy atom. The van der Waals surface area contributed by atoms with E-state index in [9.17, 15) is 4.79 Å². The lowest BCUT2D eigenvalue weighted by Gasteiger charge is -2.14. The lowest BCUT2D eigenvalue weighted by atomic mass is 10.1. The quantitative estimate of drug-likeness (QED) is 0.580. The largest absolute Gasteiger partial charge is 0.494 e. The highest BCUT2D eigenvalue weighted by molar-refractivity contribution is 6.03. The number of hydrogen-bond acceptors (Lipinski definition) is 6. The third-order valence-electron chi connectivity index (χ3n) is 4.53. The second-order valence-corrected chi connectivity index (χ2v) is 6.44. The number of nitrogens with zero attached hydrogens (tertiary/aromatic N) is 1. The molecule has 3 rings (SSSR count). The molecule has 8 heteroatoms. The third kappa shape index (κ3) is 4.32. The molecule has 2 N–H and O–H groups in total. The van der Waals surface area contributed by atoms with Crippen LogP contribution in [0.15, 0.2) is 36.4 Å². The fraction of sp³-hybridized carbons (Fsp3) is 0.273. The first-order valence-electron chi connectivity index (χ1n) is 9.41. The number of rotatable bonds is 8. The molecule has 0 saturated heterocycles. The number of carbonyl (C=O) groups is 1. The Hall–Kier alpha value is -3.68. The Morgan fingerprint density at radius 2 is 1.73 bits per heavy atom. The van der Waals surface area contributed by atoms with Crippen LogP contribution < -0.4 is 24.3 Å². The Kier molecular flexibility index (Phi) is 6.46. The summed E-state index contributed by atoms with van der Waals surface area (Å²) in [4.78, 5) is 12.7. The lowest BCUT2D eigenvalue weighted by Crippen LogP contribution is -2.12. The van der Waals surface area contributed by atoms with Crippen molar-refractivity contribution in [3.63, 3.8) is 0 Å². The maximum atomic E-state index is 12.7. The van der Waals surface area contributed by atoms with Crippen LogP contribution in [0.1, 0.15) is 23.0 Å². The van der Waals surface area contributed by atoms with E-state index in [1.807, 2.05) is 32.0 Å². The maximum Gasteiger partial charge on any atom is 0.273 e. The molecule has 0 aliphatic rings. The first-order chi connectivity index (χ1) is 14.5. The highest BCUT2D eigenvalue weighted by Crippen LogP contribution is 2.40. The molecule has 1 aromatic heterocycles. The number of aryl methyl sites for hydroxylation is 1. The second-order valence-electron chi connectivity index (χ2n) is 6.44. The lowest BCUT2D eigenvalue weighted by molar-refractivity contribution is 0.102. The van der Waals surface area contributed by atoms with Gasteiger partial charge in [0.05, 0.1) is 33.6 Å². The number of aromatic nitrogens is 2. The van der Waals surface area contributed by atoms with Crippen LogP contribution in [0.2, 0.25) is 0 Å². The van der Waals surface area contributed by atoms with Crippen molar-refractivity contribution in [3.8, 4) is 34.3 Å². The Bertz CT molecular complexity index is 1020. The van der Waals surface area contributed by atoms with Crippen molar-refractivity contribution >= 4 is 11.6 Å². The van der Waals surface area contributed by atoms with Crippen LogP contribution >= 0.6 is 0 Å². The molecular weight excluding hydrogens is 386 g/mol. The normalized spacial score (nSPS) is 10.4. The van der Waals surface area contributed by atoms with Crippen LogP contribution in [0.5, 0.6) is 23.0 Å². The maximum absolute atomic E-state index is 12.7. The Balaban J connectivity index is 1.82. The molecule has 2 aromatic carbocycles. The molecule has 0 aliphatic carbocycles. The summed E-state index contributed by atoms with van der Waals surface area (Å²) in [6.45, 7) is 4.52. The minimum atomic E-state index is -0.341. The van der Waals surface area contributed by atoms with E-state index in [1.54, 1.807) is 18.2 Å². The van der Waals surface area contributed by atoms with Gasteiger partial charge in [-0.2, -0.15) is 5.10 Å². The summed E-state index contributed by atoms with van der Waals surface area (Å²) in [6, 6.07) is 10.8.